The lowest BCUT2D eigenvalue weighted by atomic mass is 10.1. The number of rotatable bonds is 3. The molecule has 82 valence electrons. The van der Waals surface area contributed by atoms with Gasteiger partial charge in [0.25, 0.3) is 0 Å². The van der Waals surface area contributed by atoms with Crippen LogP contribution in [0, 0.1) is 0 Å². The van der Waals surface area contributed by atoms with Crippen LogP contribution in [0.1, 0.15) is 12.7 Å². The van der Waals surface area contributed by atoms with Crippen molar-refractivity contribution in [3.8, 4) is 0 Å². The minimum absolute atomic E-state index is 0.327. The zero-order valence-electron chi connectivity index (χ0n) is 8.60. The Bertz CT molecular complexity index is 350. The molecule has 1 fully saturated rings. The first-order valence-corrected chi connectivity index (χ1v) is 4.83. The Labute approximate surface area is 87.8 Å². The SMILES string of the molecule is CC1(CN)CN(Cc2ccco2)C(=O)O1. The van der Waals surface area contributed by atoms with Gasteiger partial charge in [0, 0.05) is 6.54 Å². The Hall–Kier alpha value is -1.49. The van der Waals surface area contributed by atoms with Crippen LogP contribution in [0.5, 0.6) is 0 Å². The third kappa shape index (κ3) is 1.97. The van der Waals surface area contributed by atoms with E-state index in [1.807, 2.05) is 13.0 Å². The fourth-order valence-electron chi connectivity index (χ4n) is 1.59. The van der Waals surface area contributed by atoms with Crippen molar-refractivity contribution in [1.29, 1.82) is 0 Å². The molecule has 0 bridgehead atoms. The summed E-state index contributed by atoms with van der Waals surface area (Å²) in [6.07, 6.45) is 1.25. The van der Waals surface area contributed by atoms with Gasteiger partial charge in [0.2, 0.25) is 0 Å². The van der Waals surface area contributed by atoms with E-state index in [2.05, 4.69) is 0 Å². The van der Waals surface area contributed by atoms with Crippen molar-refractivity contribution >= 4 is 6.09 Å². The fraction of sp³-hybridized carbons (Fsp3) is 0.500. The van der Waals surface area contributed by atoms with Crippen molar-refractivity contribution in [1.82, 2.24) is 4.90 Å². The molecule has 5 heteroatoms. The predicted molar refractivity (Wildman–Crippen MR) is 53.1 cm³/mol. The lowest BCUT2D eigenvalue weighted by Crippen LogP contribution is -2.38. The molecular weight excluding hydrogens is 196 g/mol. The van der Waals surface area contributed by atoms with E-state index in [0.717, 1.165) is 5.76 Å². The van der Waals surface area contributed by atoms with E-state index >= 15 is 0 Å². The number of ether oxygens (including phenoxy) is 1. The summed E-state index contributed by atoms with van der Waals surface area (Å²) < 4.78 is 10.3. The van der Waals surface area contributed by atoms with Gasteiger partial charge in [-0.15, -0.1) is 0 Å². The molecule has 1 aliphatic rings. The fourth-order valence-corrected chi connectivity index (χ4v) is 1.59. The molecule has 0 saturated carbocycles. The summed E-state index contributed by atoms with van der Waals surface area (Å²) in [5, 5.41) is 0. The smallest absolute Gasteiger partial charge is 0.410 e. The number of amides is 1. The van der Waals surface area contributed by atoms with Gasteiger partial charge in [-0.05, 0) is 19.1 Å². The van der Waals surface area contributed by atoms with Crippen LogP contribution in [0.15, 0.2) is 22.8 Å². The number of hydrogen-bond acceptors (Lipinski definition) is 4. The van der Waals surface area contributed by atoms with Crippen LogP contribution in [0.4, 0.5) is 4.79 Å². The van der Waals surface area contributed by atoms with E-state index in [1.165, 1.54) is 0 Å². The molecule has 0 radical (unpaired) electrons. The van der Waals surface area contributed by atoms with Crippen LogP contribution in [-0.2, 0) is 11.3 Å². The first kappa shape index (κ1) is 10.0. The van der Waals surface area contributed by atoms with Crippen LogP contribution < -0.4 is 5.73 Å². The van der Waals surface area contributed by atoms with Crippen molar-refractivity contribution < 1.29 is 13.9 Å². The topological polar surface area (TPSA) is 68.7 Å². The summed E-state index contributed by atoms with van der Waals surface area (Å²) in [5.74, 6) is 0.744. The van der Waals surface area contributed by atoms with Gasteiger partial charge in [-0.25, -0.2) is 4.79 Å². The Kier molecular flexibility index (Phi) is 2.40. The average molecular weight is 210 g/mol. The summed E-state index contributed by atoms with van der Waals surface area (Å²) in [7, 11) is 0. The highest BCUT2D eigenvalue weighted by Gasteiger charge is 2.40. The van der Waals surface area contributed by atoms with Crippen molar-refractivity contribution in [2.45, 2.75) is 19.1 Å². The van der Waals surface area contributed by atoms with E-state index in [0.29, 0.717) is 19.6 Å². The lowest BCUT2D eigenvalue weighted by molar-refractivity contribution is 0.0781. The summed E-state index contributed by atoms with van der Waals surface area (Å²) in [6.45, 7) is 3.09. The van der Waals surface area contributed by atoms with Crippen molar-refractivity contribution in [3.63, 3.8) is 0 Å². The molecule has 1 aromatic heterocycles. The van der Waals surface area contributed by atoms with Crippen LogP contribution in [0.3, 0.4) is 0 Å². The first-order valence-electron chi connectivity index (χ1n) is 4.83. The number of nitrogens with zero attached hydrogens (tertiary/aromatic N) is 1. The largest absolute Gasteiger partial charge is 0.467 e. The van der Waals surface area contributed by atoms with Crippen molar-refractivity contribution in [3.05, 3.63) is 24.2 Å². The van der Waals surface area contributed by atoms with Gasteiger partial charge in [0.15, 0.2) is 0 Å². The molecule has 0 spiro atoms. The lowest BCUT2D eigenvalue weighted by Gasteiger charge is -2.18. The zero-order valence-corrected chi connectivity index (χ0v) is 8.60. The number of furan rings is 1. The number of carbonyl (C=O) groups is 1. The minimum atomic E-state index is -0.566. The molecule has 1 amide bonds. The van der Waals surface area contributed by atoms with Gasteiger partial charge in [-0.2, -0.15) is 0 Å². The van der Waals surface area contributed by atoms with Gasteiger partial charge in [-0.1, -0.05) is 0 Å². The van der Waals surface area contributed by atoms with E-state index in [1.54, 1.807) is 17.2 Å². The van der Waals surface area contributed by atoms with Gasteiger partial charge < -0.3 is 14.9 Å². The highest BCUT2D eigenvalue weighted by atomic mass is 16.6. The number of nitrogens with two attached hydrogens (primary N) is 1. The Morgan fingerprint density at radius 1 is 1.67 bits per heavy atom. The molecule has 1 unspecified atom stereocenters. The zero-order chi connectivity index (χ0) is 10.9. The highest BCUT2D eigenvalue weighted by molar-refractivity contribution is 5.70. The van der Waals surface area contributed by atoms with Gasteiger partial charge in [0.05, 0.1) is 19.4 Å². The minimum Gasteiger partial charge on any atom is -0.467 e. The van der Waals surface area contributed by atoms with E-state index in [9.17, 15) is 4.79 Å². The Balaban J connectivity index is 2.03. The monoisotopic (exact) mass is 210 g/mol. The Morgan fingerprint density at radius 2 is 2.47 bits per heavy atom. The molecule has 0 aromatic carbocycles. The molecule has 1 saturated heterocycles. The second-order valence-corrected chi connectivity index (χ2v) is 3.96. The maximum absolute atomic E-state index is 11.5. The molecule has 5 nitrogen and oxygen atoms in total. The van der Waals surface area contributed by atoms with Crippen LogP contribution in [0.25, 0.3) is 0 Å². The third-order valence-electron chi connectivity index (χ3n) is 2.48. The van der Waals surface area contributed by atoms with Crippen molar-refractivity contribution in [2.75, 3.05) is 13.1 Å². The Morgan fingerprint density at radius 3 is 3.00 bits per heavy atom. The third-order valence-corrected chi connectivity index (χ3v) is 2.48. The quantitative estimate of drug-likeness (QED) is 0.806. The van der Waals surface area contributed by atoms with Crippen LogP contribution in [-0.4, -0.2) is 29.7 Å². The molecule has 15 heavy (non-hydrogen) atoms. The number of hydrogen-bond donors (Lipinski definition) is 1. The second-order valence-electron chi connectivity index (χ2n) is 3.96. The maximum Gasteiger partial charge on any atom is 0.410 e. The summed E-state index contributed by atoms with van der Waals surface area (Å²) in [4.78, 5) is 13.1. The second kappa shape index (κ2) is 3.58. The first-order chi connectivity index (χ1) is 7.13. The number of carbonyl (C=O) groups excluding carboxylic acids is 1. The molecule has 1 atom stereocenters. The van der Waals surface area contributed by atoms with Crippen LogP contribution >= 0.6 is 0 Å². The molecular formula is C10H14N2O3. The average Bonchev–Trinajstić information content (AvgIpc) is 2.77. The summed E-state index contributed by atoms with van der Waals surface area (Å²) >= 11 is 0. The van der Waals surface area contributed by atoms with Crippen LogP contribution in [0.2, 0.25) is 0 Å². The summed E-state index contributed by atoms with van der Waals surface area (Å²) in [6, 6.07) is 3.62. The molecule has 1 aliphatic heterocycles. The number of cyclic esters (lactones) is 1. The molecule has 1 aromatic rings. The van der Waals surface area contributed by atoms with Gasteiger partial charge >= 0.3 is 6.09 Å². The normalized spacial score (nSPS) is 25.7. The van der Waals surface area contributed by atoms with Gasteiger partial charge in [0.1, 0.15) is 11.4 Å². The van der Waals surface area contributed by atoms with E-state index in [-0.39, 0.29) is 6.09 Å². The molecule has 2 rings (SSSR count). The predicted octanol–water partition coefficient (Wildman–Crippen LogP) is 0.949. The molecule has 2 N–H and O–H groups in total. The molecule has 0 aliphatic carbocycles. The standard InChI is InChI=1S/C10H14N2O3/c1-10(6-11)7-12(9(13)15-10)5-8-3-2-4-14-8/h2-4H,5-7,11H2,1H3. The summed E-state index contributed by atoms with van der Waals surface area (Å²) in [5.41, 5.74) is 4.97. The van der Waals surface area contributed by atoms with E-state index < -0.39 is 5.60 Å². The molecule has 2 heterocycles. The van der Waals surface area contributed by atoms with Gasteiger partial charge in [-0.3, -0.25) is 4.90 Å². The van der Waals surface area contributed by atoms with Crippen molar-refractivity contribution in [2.24, 2.45) is 5.73 Å². The highest BCUT2D eigenvalue weighted by Crippen LogP contribution is 2.22. The maximum atomic E-state index is 11.5. The van der Waals surface area contributed by atoms with E-state index in [4.69, 9.17) is 14.9 Å².